The summed E-state index contributed by atoms with van der Waals surface area (Å²) in [4.78, 5) is 18.2. The second kappa shape index (κ2) is 9.69. The Balaban J connectivity index is 1.23. The molecule has 0 atom stereocenters. The third-order valence-corrected chi connectivity index (χ3v) is 6.47. The predicted octanol–water partition coefficient (Wildman–Crippen LogP) is 4.46. The minimum atomic E-state index is -4.51. The molecule has 1 saturated carbocycles. The lowest BCUT2D eigenvalue weighted by atomic mass is 9.84. The topological polar surface area (TPSA) is 73.3 Å². The van der Waals surface area contributed by atoms with Crippen molar-refractivity contribution in [2.75, 3.05) is 31.2 Å². The molecule has 34 heavy (non-hydrogen) atoms. The van der Waals surface area contributed by atoms with Gasteiger partial charge in [0.2, 0.25) is 5.82 Å². The van der Waals surface area contributed by atoms with E-state index in [1.165, 1.54) is 12.4 Å². The first kappa shape index (κ1) is 22.8. The SMILES string of the molecule is FC(F)(F)c1ncc(CC2CCC(Oc3cc(N4CCOCC4)cc4nccnc34)CC2)cn1. The van der Waals surface area contributed by atoms with Gasteiger partial charge < -0.3 is 14.4 Å². The van der Waals surface area contributed by atoms with Gasteiger partial charge in [-0.2, -0.15) is 13.2 Å². The molecule has 1 aliphatic heterocycles. The third kappa shape index (κ3) is 5.22. The molecule has 0 spiro atoms. The Morgan fingerprint density at radius 3 is 2.35 bits per heavy atom. The summed E-state index contributed by atoms with van der Waals surface area (Å²) in [6.45, 7) is 3.04. The maximum absolute atomic E-state index is 12.7. The van der Waals surface area contributed by atoms with Crippen molar-refractivity contribution < 1.29 is 22.6 Å². The summed E-state index contributed by atoms with van der Waals surface area (Å²) < 4.78 is 49.9. The quantitative estimate of drug-likeness (QED) is 0.542. The minimum Gasteiger partial charge on any atom is -0.488 e. The number of anilines is 1. The van der Waals surface area contributed by atoms with Gasteiger partial charge in [-0.25, -0.2) is 15.0 Å². The van der Waals surface area contributed by atoms with Gasteiger partial charge in [0.05, 0.1) is 24.8 Å². The second-order valence-electron chi connectivity index (χ2n) is 8.84. The molecule has 1 saturated heterocycles. The molecule has 0 bridgehead atoms. The minimum absolute atomic E-state index is 0.0604. The van der Waals surface area contributed by atoms with Crippen LogP contribution in [0.1, 0.15) is 37.1 Å². The number of halogens is 3. The molecule has 1 aromatic carbocycles. The van der Waals surface area contributed by atoms with Gasteiger partial charge >= 0.3 is 6.18 Å². The fraction of sp³-hybridized carbons (Fsp3) is 0.500. The van der Waals surface area contributed by atoms with Crippen molar-refractivity contribution in [1.82, 2.24) is 19.9 Å². The number of aromatic nitrogens is 4. The number of hydrogen-bond acceptors (Lipinski definition) is 7. The normalized spacial score (nSPS) is 21.6. The van der Waals surface area contributed by atoms with Crippen molar-refractivity contribution in [3.8, 4) is 5.75 Å². The highest BCUT2D eigenvalue weighted by Gasteiger charge is 2.34. The highest BCUT2D eigenvalue weighted by Crippen LogP contribution is 2.35. The fourth-order valence-electron chi connectivity index (χ4n) is 4.70. The summed E-state index contributed by atoms with van der Waals surface area (Å²) >= 11 is 0. The monoisotopic (exact) mass is 473 g/mol. The van der Waals surface area contributed by atoms with Crippen molar-refractivity contribution in [3.63, 3.8) is 0 Å². The van der Waals surface area contributed by atoms with Crippen LogP contribution >= 0.6 is 0 Å². The van der Waals surface area contributed by atoms with Gasteiger partial charge in [-0.1, -0.05) is 0 Å². The van der Waals surface area contributed by atoms with Crippen LogP contribution in [0.2, 0.25) is 0 Å². The van der Waals surface area contributed by atoms with Gasteiger partial charge in [0.1, 0.15) is 11.3 Å². The Labute approximate surface area is 195 Å². The van der Waals surface area contributed by atoms with Crippen molar-refractivity contribution in [2.45, 2.75) is 44.4 Å². The van der Waals surface area contributed by atoms with E-state index in [0.29, 0.717) is 25.6 Å². The molecular formula is C24H26F3N5O2. The van der Waals surface area contributed by atoms with E-state index in [4.69, 9.17) is 9.47 Å². The van der Waals surface area contributed by atoms with Gasteiger partial charge in [-0.15, -0.1) is 0 Å². The first-order chi connectivity index (χ1) is 16.5. The zero-order valence-electron chi connectivity index (χ0n) is 18.7. The van der Waals surface area contributed by atoms with E-state index in [9.17, 15) is 13.2 Å². The van der Waals surface area contributed by atoms with Crippen LogP contribution in [0.3, 0.4) is 0 Å². The molecule has 180 valence electrons. The van der Waals surface area contributed by atoms with Crippen molar-refractivity contribution in [2.24, 2.45) is 5.92 Å². The summed E-state index contributed by atoms with van der Waals surface area (Å²) in [6, 6.07) is 4.09. The Kier molecular flexibility index (Phi) is 6.49. The Bertz CT molecular complexity index is 1110. The van der Waals surface area contributed by atoms with E-state index in [-0.39, 0.29) is 6.10 Å². The van der Waals surface area contributed by atoms with Crippen molar-refractivity contribution in [1.29, 1.82) is 0 Å². The highest BCUT2D eigenvalue weighted by atomic mass is 19.4. The molecule has 5 rings (SSSR count). The van der Waals surface area contributed by atoms with Crippen LogP contribution in [-0.2, 0) is 17.3 Å². The van der Waals surface area contributed by atoms with E-state index in [1.807, 2.05) is 12.1 Å². The molecule has 0 amide bonds. The number of morpholine rings is 1. The average Bonchev–Trinajstić information content (AvgIpc) is 2.85. The van der Waals surface area contributed by atoms with Gasteiger partial charge in [-0.3, -0.25) is 4.98 Å². The number of alkyl halides is 3. The number of nitrogens with zero attached hydrogens (tertiary/aromatic N) is 5. The Morgan fingerprint density at radius 1 is 0.941 bits per heavy atom. The van der Waals surface area contributed by atoms with Crippen LogP contribution < -0.4 is 9.64 Å². The van der Waals surface area contributed by atoms with Crippen LogP contribution in [0.4, 0.5) is 18.9 Å². The number of hydrogen-bond donors (Lipinski definition) is 0. The van der Waals surface area contributed by atoms with Crippen LogP contribution in [-0.4, -0.2) is 52.3 Å². The van der Waals surface area contributed by atoms with Crippen molar-refractivity contribution in [3.05, 3.63) is 48.3 Å². The number of fused-ring (bicyclic) bond motifs is 1. The van der Waals surface area contributed by atoms with Gasteiger partial charge in [0, 0.05) is 49.6 Å². The summed E-state index contributed by atoms with van der Waals surface area (Å²) in [5.74, 6) is 0.0195. The van der Waals surface area contributed by atoms with Crippen LogP contribution in [0.5, 0.6) is 5.75 Å². The molecule has 2 aromatic heterocycles. The lowest BCUT2D eigenvalue weighted by molar-refractivity contribution is -0.145. The van der Waals surface area contributed by atoms with Gasteiger partial charge in [0.25, 0.3) is 0 Å². The van der Waals surface area contributed by atoms with Gasteiger partial charge in [0.15, 0.2) is 0 Å². The van der Waals surface area contributed by atoms with E-state index in [2.05, 4.69) is 24.8 Å². The zero-order valence-corrected chi connectivity index (χ0v) is 18.7. The molecule has 2 fully saturated rings. The molecule has 3 heterocycles. The number of ether oxygens (including phenoxy) is 2. The van der Waals surface area contributed by atoms with E-state index in [0.717, 1.165) is 66.8 Å². The van der Waals surface area contributed by atoms with E-state index >= 15 is 0 Å². The molecule has 0 unspecified atom stereocenters. The Hall–Kier alpha value is -3.01. The van der Waals surface area contributed by atoms with E-state index < -0.39 is 12.0 Å². The molecule has 10 heteroatoms. The lowest BCUT2D eigenvalue weighted by Gasteiger charge is -2.31. The summed E-state index contributed by atoms with van der Waals surface area (Å²) in [6.07, 6.45) is 5.76. The average molecular weight is 473 g/mol. The highest BCUT2D eigenvalue weighted by molar-refractivity contribution is 5.85. The summed E-state index contributed by atoms with van der Waals surface area (Å²) in [5, 5.41) is 0. The summed E-state index contributed by atoms with van der Waals surface area (Å²) in [7, 11) is 0. The maximum atomic E-state index is 12.7. The van der Waals surface area contributed by atoms with Crippen LogP contribution in [0.25, 0.3) is 11.0 Å². The fourth-order valence-corrected chi connectivity index (χ4v) is 4.70. The molecule has 3 aromatic rings. The number of benzene rings is 1. The molecule has 7 nitrogen and oxygen atoms in total. The molecule has 1 aliphatic carbocycles. The third-order valence-electron chi connectivity index (χ3n) is 6.47. The smallest absolute Gasteiger partial charge is 0.451 e. The van der Waals surface area contributed by atoms with Crippen molar-refractivity contribution >= 4 is 16.7 Å². The van der Waals surface area contributed by atoms with E-state index in [1.54, 1.807) is 12.4 Å². The predicted molar refractivity (Wildman–Crippen MR) is 120 cm³/mol. The first-order valence-electron chi connectivity index (χ1n) is 11.6. The van der Waals surface area contributed by atoms with Gasteiger partial charge in [-0.05, 0) is 49.7 Å². The molecule has 0 N–H and O–H groups in total. The lowest BCUT2D eigenvalue weighted by Crippen LogP contribution is -2.36. The zero-order chi connectivity index (χ0) is 23.5. The standard InChI is InChI=1S/C24H26F3N5O2/c25-24(26,27)23-30-14-17(15-31-23)11-16-1-3-19(4-2-16)34-21-13-18(32-7-9-33-10-8-32)12-20-22(21)29-6-5-28-20/h5-6,12-16,19H,1-4,7-11H2. The second-order valence-corrected chi connectivity index (χ2v) is 8.84. The summed E-state index contributed by atoms with van der Waals surface area (Å²) in [5.41, 5.74) is 3.35. The number of rotatable bonds is 5. The van der Waals surface area contributed by atoms with Crippen LogP contribution in [0.15, 0.2) is 36.9 Å². The first-order valence-corrected chi connectivity index (χ1v) is 11.6. The largest absolute Gasteiger partial charge is 0.488 e. The Morgan fingerprint density at radius 2 is 1.65 bits per heavy atom. The van der Waals surface area contributed by atoms with Crippen LogP contribution in [0, 0.1) is 5.92 Å². The molecule has 2 aliphatic rings. The maximum Gasteiger partial charge on any atom is 0.451 e. The molecular weight excluding hydrogens is 447 g/mol. The molecule has 0 radical (unpaired) electrons.